The van der Waals surface area contributed by atoms with E-state index in [-0.39, 0.29) is 49.8 Å². The van der Waals surface area contributed by atoms with Gasteiger partial charge in [-0.1, -0.05) is 196 Å². The Balaban J connectivity index is 0.000000566. The fourth-order valence-electron chi connectivity index (χ4n) is 6.79. The van der Waals surface area contributed by atoms with Gasteiger partial charge in [0.1, 0.15) is 6.29 Å². The summed E-state index contributed by atoms with van der Waals surface area (Å²) >= 11 is 3.31. The number of carbonyl (C=O) groups excluding carboxylic acids is 3. The molecule has 0 spiro atoms. The summed E-state index contributed by atoms with van der Waals surface area (Å²) in [5.74, 6) is 0.786. The van der Waals surface area contributed by atoms with Crippen LogP contribution in [0, 0.1) is 11.8 Å². The van der Waals surface area contributed by atoms with Gasteiger partial charge >= 0.3 is 29.6 Å². The first-order chi connectivity index (χ1) is 31.0. The Morgan fingerprint density at radius 1 is 0.523 bits per heavy atom. The summed E-state index contributed by atoms with van der Waals surface area (Å²) in [6.07, 6.45) is 2.61. The normalized spacial score (nSPS) is 10.2. The van der Waals surface area contributed by atoms with E-state index in [0.717, 1.165) is 42.5 Å². The zero-order valence-electron chi connectivity index (χ0n) is 37.9. The summed E-state index contributed by atoms with van der Waals surface area (Å²) in [6.45, 7) is 12.1. The minimum atomic E-state index is -0.468. The smallest absolute Gasteiger partial charge is 0.512 e. The molecule has 331 valence electrons. The molecule has 0 aromatic heterocycles. The number of aldehydes is 1. The molecule has 0 aliphatic carbocycles. The van der Waals surface area contributed by atoms with Gasteiger partial charge < -0.3 is 38.3 Å². The van der Waals surface area contributed by atoms with Gasteiger partial charge in [0.05, 0.1) is 21.0 Å². The zero-order chi connectivity index (χ0) is 45.4. The third kappa shape index (κ3) is 18.1. The van der Waals surface area contributed by atoms with Gasteiger partial charge in [-0.2, -0.15) is 0 Å². The summed E-state index contributed by atoms with van der Waals surface area (Å²) in [6, 6.07) is 62.5. The molecule has 8 nitrogen and oxygen atoms in total. The summed E-state index contributed by atoms with van der Waals surface area (Å²) in [5, 5.41) is 15.5. The predicted octanol–water partition coefficient (Wildman–Crippen LogP) is 5.93. The molecule has 0 aliphatic heterocycles. The van der Waals surface area contributed by atoms with Gasteiger partial charge in [0.25, 0.3) is 0 Å². The van der Waals surface area contributed by atoms with Crippen LogP contribution in [0.2, 0.25) is 0 Å². The van der Waals surface area contributed by atoms with Crippen molar-refractivity contribution in [2.75, 3.05) is 44.2 Å². The van der Waals surface area contributed by atoms with Gasteiger partial charge in [-0.05, 0) is 46.3 Å². The van der Waals surface area contributed by atoms with Crippen molar-refractivity contribution in [2.45, 2.75) is 36.2 Å². The summed E-state index contributed by atoms with van der Waals surface area (Å²) < 4.78 is -0.925. The van der Waals surface area contributed by atoms with Crippen molar-refractivity contribution in [1.82, 2.24) is 16.0 Å². The monoisotopic (exact) mass is 912 g/mol. The number of hydrogen-bond acceptors (Lipinski definition) is 8. The Hall–Kier alpha value is -4.90. The first-order valence-corrected chi connectivity index (χ1v) is 23.1. The van der Waals surface area contributed by atoms with Crippen LogP contribution in [0.5, 0.6) is 0 Å². The molecular formula is C53H60BN5NaO3S2. The van der Waals surface area contributed by atoms with Crippen LogP contribution in [0.25, 0.3) is 0 Å². The SMILES string of the molecule is CCC=O.CCCNCCNC(=O)CSC(c1ccccc1)(c1ccccc1)c1ccccc1.NCCNC(=O)CSC(c1ccccc1)(c1ccccc1)c1ccccc1.[B].[C-]#N.[Na+]. The topological polar surface area (TPSA) is 137 Å². The third-order valence-corrected chi connectivity index (χ3v) is 12.7. The van der Waals surface area contributed by atoms with E-state index in [0.29, 0.717) is 37.6 Å². The molecule has 6 aromatic rings. The number of nitrogens with zero attached hydrogens (tertiary/aromatic N) is 1. The van der Waals surface area contributed by atoms with E-state index in [1.54, 1.807) is 23.5 Å². The van der Waals surface area contributed by atoms with Gasteiger partial charge in [0.15, 0.2) is 0 Å². The molecule has 0 aliphatic rings. The van der Waals surface area contributed by atoms with Gasteiger partial charge in [0, 0.05) is 41.0 Å². The Labute approximate surface area is 420 Å². The van der Waals surface area contributed by atoms with Crippen LogP contribution in [0.4, 0.5) is 0 Å². The van der Waals surface area contributed by atoms with Crippen LogP contribution in [-0.2, 0) is 23.9 Å². The summed E-state index contributed by atoms with van der Waals surface area (Å²) in [5.41, 5.74) is 12.5. The van der Waals surface area contributed by atoms with Crippen LogP contribution in [0.15, 0.2) is 182 Å². The maximum atomic E-state index is 12.7. The van der Waals surface area contributed by atoms with Crippen molar-refractivity contribution in [1.29, 1.82) is 5.26 Å². The van der Waals surface area contributed by atoms with Gasteiger partial charge in [-0.15, -0.1) is 23.5 Å². The van der Waals surface area contributed by atoms with Crippen LogP contribution in [-0.4, -0.2) is 70.7 Å². The molecule has 12 heteroatoms. The first-order valence-electron chi connectivity index (χ1n) is 21.2. The van der Waals surface area contributed by atoms with E-state index in [1.807, 2.05) is 79.7 Å². The average molecular weight is 913 g/mol. The minimum absolute atomic E-state index is 0. The van der Waals surface area contributed by atoms with Crippen LogP contribution < -0.4 is 51.2 Å². The maximum Gasteiger partial charge on any atom is 1.00 e. The number of nitrogens with two attached hydrogens (primary N) is 1. The average Bonchev–Trinajstić information content (AvgIpc) is 3.36. The fraction of sp³-hybridized carbons (Fsp3) is 0.245. The largest absolute Gasteiger partial charge is 1.00 e. The van der Waals surface area contributed by atoms with E-state index >= 15 is 0 Å². The van der Waals surface area contributed by atoms with Gasteiger partial charge in [0.2, 0.25) is 11.8 Å². The van der Waals surface area contributed by atoms with Crippen molar-refractivity contribution in [3.8, 4) is 0 Å². The van der Waals surface area contributed by atoms with E-state index in [4.69, 9.17) is 17.6 Å². The molecular weight excluding hydrogens is 853 g/mol. The quantitative estimate of drug-likeness (QED) is 0.0244. The molecule has 0 saturated carbocycles. The van der Waals surface area contributed by atoms with Crippen molar-refractivity contribution in [3.63, 3.8) is 0 Å². The predicted molar refractivity (Wildman–Crippen MR) is 269 cm³/mol. The van der Waals surface area contributed by atoms with E-state index in [2.05, 4.69) is 132 Å². The molecule has 0 saturated heterocycles. The van der Waals surface area contributed by atoms with Crippen molar-refractivity contribution < 1.29 is 43.9 Å². The molecule has 0 heterocycles. The second kappa shape index (κ2) is 34.5. The van der Waals surface area contributed by atoms with Crippen molar-refractivity contribution in [3.05, 3.63) is 222 Å². The molecule has 6 aromatic carbocycles. The summed E-state index contributed by atoms with van der Waals surface area (Å²) in [4.78, 5) is 34.2. The molecule has 65 heavy (non-hydrogen) atoms. The number of nitrogens with one attached hydrogen (secondary N) is 3. The second-order valence-electron chi connectivity index (χ2n) is 13.9. The number of rotatable bonds is 20. The molecule has 3 radical (unpaired) electrons. The van der Waals surface area contributed by atoms with Crippen LogP contribution in [0.1, 0.15) is 60.1 Å². The second-order valence-corrected chi connectivity index (χ2v) is 16.3. The number of benzene rings is 6. The van der Waals surface area contributed by atoms with Crippen molar-refractivity contribution in [2.24, 2.45) is 5.73 Å². The van der Waals surface area contributed by atoms with Crippen molar-refractivity contribution >= 4 is 50.0 Å². The zero-order valence-corrected chi connectivity index (χ0v) is 41.5. The summed E-state index contributed by atoms with van der Waals surface area (Å²) in [7, 11) is 0. The molecule has 0 bridgehead atoms. The van der Waals surface area contributed by atoms with E-state index in [9.17, 15) is 14.4 Å². The Bertz CT molecular complexity index is 1970. The number of carbonyl (C=O) groups is 3. The molecule has 0 fully saturated rings. The standard InChI is InChI=1S/C26H30N2OS.C23H24N2OS.C3H6O.CN.B.Na/c1-2-18-27-19-20-28-25(29)21-30-26(22-12-6-3-7-13-22,23-14-8-4-9-15-23)24-16-10-5-11-17-24;24-16-17-25-22(26)18-27-23(19-10-4-1-5-11-19,20-12-6-2-7-13-20)21-14-8-3-9-15-21;1-2-3-4;1-2;;/h3-17,27H,2,18-21H2,1H3,(H,28,29);1-15H,16-18,24H2,(H,25,26);3H,2H2,1H3;;;/q;;;-1;;+1. The van der Waals surface area contributed by atoms with Crippen LogP contribution >= 0.6 is 23.5 Å². The molecule has 6 rings (SSSR count). The van der Waals surface area contributed by atoms with E-state index in [1.165, 1.54) is 16.7 Å². The molecule has 0 unspecified atom stereocenters. The van der Waals surface area contributed by atoms with Gasteiger partial charge in [-0.3, -0.25) is 9.59 Å². The first kappa shape index (κ1) is 58.1. The molecule has 0 atom stereocenters. The Morgan fingerprint density at radius 2 is 0.785 bits per heavy atom. The van der Waals surface area contributed by atoms with Gasteiger partial charge in [-0.25, -0.2) is 0 Å². The Morgan fingerprint density at radius 3 is 1.02 bits per heavy atom. The number of hydrogen-bond donors (Lipinski definition) is 4. The third-order valence-electron chi connectivity index (χ3n) is 9.61. The molecule has 5 N–H and O–H groups in total. The number of amides is 2. The fourth-order valence-corrected chi connectivity index (χ4v) is 9.51. The number of thioether (sulfide) groups is 2. The van der Waals surface area contributed by atoms with Crippen LogP contribution in [0.3, 0.4) is 0 Å². The minimum Gasteiger partial charge on any atom is -0.512 e. The van der Waals surface area contributed by atoms with E-state index < -0.39 is 9.49 Å². The molecule has 2 amide bonds. The Kier molecular flexibility index (Phi) is 30.8. The maximum absolute atomic E-state index is 12.7.